The summed E-state index contributed by atoms with van der Waals surface area (Å²) in [5.74, 6) is 0.380. The Labute approximate surface area is 90.7 Å². The van der Waals surface area contributed by atoms with E-state index in [0.717, 1.165) is 18.7 Å². The van der Waals surface area contributed by atoms with Gasteiger partial charge in [-0.2, -0.15) is 0 Å². The molecule has 1 aromatic rings. The predicted octanol–water partition coefficient (Wildman–Crippen LogP) is 1.36. The van der Waals surface area contributed by atoms with Gasteiger partial charge < -0.3 is 15.3 Å². The zero-order valence-electron chi connectivity index (χ0n) is 9.27. The van der Waals surface area contributed by atoms with E-state index in [1.54, 1.807) is 6.07 Å². The molecule has 0 aliphatic carbocycles. The summed E-state index contributed by atoms with van der Waals surface area (Å²) >= 11 is 0. The number of aromatic hydroxyl groups is 1. The number of benzene rings is 1. The molecule has 1 heterocycles. The quantitative estimate of drug-likeness (QED) is 0.783. The van der Waals surface area contributed by atoms with E-state index in [1.807, 2.05) is 18.2 Å². The Hall–Kier alpha value is -1.06. The summed E-state index contributed by atoms with van der Waals surface area (Å²) in [7, 11) is 2.11. The highest BCUT2D eigenvalue weighted by Crippen LogP contribution is 2.24. The molecule has 3 heteroatoms. The summed E-state index contributed by atoms with van der Waals surface area (Å²) in [5, 5.41) is 13.2. The molecule has 1 unspecified atom stereocenters. The Morgan fingerprint density at radius 2 is 2.07 bits per heavy atom. The summed E-state index contributed by atoms with van der Waals surface area (Å²) in [4.78, 5) is 2.27. The van der Waals surface area contributed by atoms with Crippen LogP contribution in [0.15, 0.2) is 24.3 Å². The lowest BCUT2D eigenvalue weighted by Gasteiger charge is -2.38. The number of rotatable bonds is 3. The maximum atomic E-state index is 9.69. The van der Waals surface area contributed by atoms with Crippen LogP contribution in [0.2, 0.25) is 0 Å². The highest BCUT2D eigenvalue weighted by molar-refractivity contribution is 5.34. The third-order valence-corrected chi connectivity index (χ3v) is 2.95. The minimum Gasteiger partial charge on any atom is -0.508 e. The Bertz CT molecular complexity index is 334. The molecule has 1 fully saturated rings. The molecule has 82 valence electrons. The van der Waals surface area contributed by atoms with Gasteiger partial charge in [-0.05, 0) is 20.0 Å². The first-order valence-corrected chi connectivity index (χ1v) is 5.39. The summed E-state index contributed by atoms with van der Waals surface area (Å²) in [6, 6.07) is 8.29. The van der Waals surface area contributed by atoms with Crippen molar-refractivity contribution >= 4 is 0 Å². The van der Waals surface area contributed by atoms with E-state index >= 15 is 0 Å². The van der Waals surface area contributed by atoms with Crippen molar-refractivity contribution in [2.24, 2.45) is 0 Å². The van der Waals surface area contributed by atoms with Gasteiger partial charge in [0.15, 0.2) is 0 Å². The fourth-order valence-electron chi connectivity index (χ4n) is 2.10. The fraction of sp³-hybridized carbons (Fsp3) is 0.500. The Morgan fingerprint density at radius 1 is 1.40 bits per heavy atom. The van der Waals surface area contributed by atoms with Crippen molar-refractivity contribution in [2.45, 2.75) is 19.0 Å². The van der Waals surface area contributed by atoms with Crippen molar-refractivity contribution in [1.82, 2.24) is 10.2 Å². The molecule has 0 radical (unpaired) electrons. The smallest absolute Gasteiger partial charge is 0.120 e. The monoisotopic (exact) mass is 206 g/mol. The molecule has 1 aromatic carbocycles. The Balaban J connectivity index is 1.96. The van der Waals surface area contributed by atoms with Crippen LogP contribution in [-0.4, -0.2) is 36.2 Å². The maximum absolute atomic E-state index is 9.69. The van der Waals surface area contributed by atoms with Gasteiger partial charge in [-0.1, -0.05) is 18.2 Å². The lowest BCUT2D eigenvalue weighted by atomic mass is 10.0. The summed E-state index contributed by atoms with van der Waals surface area (Å²) in [5.41, 5.74) is 0.979. The number of para-hydroxylation sites is 1. The molecule has 3 nitrogen and oxygen atoms in total. The van der Waals surface area contributed by atoms with E-state index in [4.69, 9.17) is 0 Å². The van der Waals surface area contributed by atoms with Crippen molar-refractivity contribution in [3.05, 3.63) is 29.8 Å². The van der Waals surface area contributed by atoms with Crippen LogP contribution in [-0.2, 0) is 0 Å². The molecule has 1 atom stereocenters. The van der Waals surface area contributed by atoms with Gasteiger partial charge in [0.25, 0.3) is 0 Å². The lowest BCUT2D eigenvalue weighted by molar-refractivity contribution is 0.152. The number of nitrogens with zero attached hydrogens (tertiary/aromatic N) is 1. The molecule has 1 aliphatic heterocycles. The van der Waals surface area contributed by atoms with Gasteiger partial charge in [-0.25, -0.2) is 0 Å². The number of hydrogen-bond donors (Lipinski definition) is 2. The minimum atomic E-state index is 0.213. The Kier molecular flexibility index (Phi) is 2.93. The van der Waals surface area contributed by atoms with Crippen LogP contribution >= 0.6 is 0 Å². The van der Waals surface area contributed by atoms with Crippen molar-refractivity contribution < 1.29 is 5.11 Å². The lowest BCUT2D eigenvalue weighted by Crippen LogP contribution is -2.56. The summed E-state index contributed by atoms with van der Waals surface area (Å²) in [6.07, 6.45) is 0. The van der Waals surface area contributed by atoms with Crippen molar-refractivity contribution in [2.75, 3.05) is 20.1 Å². The van der Waals surface area contributed by atoms with Crippen molar-refractivity contribution in [3.8, 4) is 5.75 Å². The third-order valence-electron chi connectivity index (χ3n) is 2.95. The van der Waals surface area contributed by atoms with Gasteiger partial charge in [0.1, 0.15) is 5.75 Å². The van der Waals surface area contributed by atoms with E-state index in [2.05, 4.69) is 24.2 Å². The second-order valence-electron chi connectivity index (χ2n) is 4.37. The van der Waals surface area contributed by atoms with E-state index in [0.29, 0.717) is 11.8 Å². The molecule has 0 aromatic heterocycles. The zero-order valence-corrected chi connectivity index (χ0v) is 9.27. The number of hydrogen-bond acceptors (Lipinski definition) is 3. The van der Waals surface area contributed by atoms with Crippen molar-refractivity contribution in [1.29, 1.82) is 0 Å². The van der Waals surface area contributed by atoms with Crippen LogP contribution in [0.25, 0.3) is 0 Å². The highest BCUT2D eigenvalue weighted by Gasteiger charge is 2.24. The first kappa shape index (κ1) is 10.5. The third kappa shape index (κ3) is 2.30. The van der Waals surface area contributed by atoms with Gasteiger partial charge >= 0.3 is 0 Å². The molecule has 2 rings (SSSR count). The average molecular weight is 206 g/mol. The molecule has 0 spiro atoms. The molecule has 0 bridgehead atoms. The van der Waals surface area contributed by atoms with Crippen LogP contribution in [0.3, 0.4) is 0 Å². The fourth-order valence-corrected chi connectivity index (χ4v) is 2.10. The van der Waals surface area contributed by atoms with E-state index < -0.39 is 0 Å². The molecule has 15 heavy (non-hydrogen) atoms. The number of phenols is 1. The van der Waals surface area contributed by atoms with Crippen LogP contribution in [0, 0.1) is 0 Å². The van der Waals surface area contributed by atoms with Gasteiger partial charge in [-0.15, -0.1) is 0 Å². The predicted molar refractivity (Wildman–Crippen MR) is 60.9 cm³/mol. The van der Waals surface area contributed by atoms with Crippen LogP contribution in [0.1, 0.15) is 18.5 Å². The number of phenolic OH excluding ortho intramolecular Hbond substituents is 1. The first-order chi connectivity index (χ1) is 7.16. The zero-order chi connectivity index (χ0) is 10.8. The SMILES string of the molecule is CC(NC1CN(C)C1)c1ccccc1O. The van der Waals surface area contributed by atoms with E-state index in [-0.39, 0.29) is 6.04 Å². The standard InChI is InChI=1S/C12H18N2O/c1-9(13-10-7-14(2)8-10)11-5-3-4-6-12(11)15/h3-6,9-10,13,15H,7-8H2,1-2H3. The second-order valence-corrected chi connectivity index (χ2v) is 4.37. The largest absolute Gasteiger partial charge is 0.508 e. The maximum Gasteiger partial charge on any atom is 0.120 e. The van der Waals surface area contributed by atoms with Crippen LogP contribution in [0.4, 0.5) is 0 Å². The summed E-state index contributed by atoms with van der Waals surface area (Å²) in [6.45, 7) is 4.28. The number of nitrogens with one attached hydrogen (secondary N) is 1. The summed E-state index contributed by atoms with van der Waals surface area (Å²) < 4.78 is 0. The Morgan fingerprint density at radius 3 is 2.67 bits per heavy atom. The highest BCUT2D eigenvalue weighted by atomic mass is 16.3. The van der Waals surface area contributed by atoms with Gasteiger partial charge in [-0.3, -0.25) is 0 Å². The normalized spacial score (nSPS) is 19.9. The number of likely N-dealkylation sites (N-methyl/N-ethyl adjacent to an activating group) is 1. The topological polar surface area (TPSA) is 35.5 Å². The molecular formula is C12H18N2O. The molecule has 2 N–H and O–H groups in total. The average Bonchev–Trinajstić information content (AvgIpc) is 2.16. The second kappa shape index (κ2) is 4.21. The molecule has 0 saturated carbocycles. The molecule has 0 amide bonds. The van der Waals surface area contributed by atoms with Gasteiger partial charge in [0.2, 0.25) is 0 Å². The van der Waals surface area contributed by atoms with Gasteiger partial charge in [0.05, 0.1) is 0 Å². The molecule has 1 saturated heterocycles. The van der Waals surface area contributed by atoms with Crippen LogP contribution in [0.5, 0.6) is 5.75 Å². The number of likely N-dealkylation sites (tertiary alicyclic amines) is 1. The molecule has 1 aliphatic rings. The minimum absolute atomic E-state index is 0.213. The van der Waals surface area contributed by atoms with E-state index in [9.17, 15) is 5.11 Å². The van der Waals surface area contributed by atoms with Crippen LogP contribution < -0.4 is 5.32 Å². The van der Waals surface area contributed by atoms with Gasteiger partial charge in [0, 0.05) is 30.7 Å². The van der Waals surface area contributed by atoms with Crippen molar-refractivity contribution in [3.63, 3.8) is 0 Å². The van der Waals surface area contributed by atoms with E-state index in [1.165, 1.54) is 0 Å². The first-order valence-electron chi connectivity index (χ1n) is 5.39. The molecular weight excluding hydrogens is 188 g/mol.